The summed E-state index contributed by atoms with van der Waals surface area (Å²) < 4.78 is 0. The van der Waals surface area contributed by atoms with Crippen molar-refractivity contribution in [3.05, 3.63) is 52.1 Å². The second-order valence-electron chi connectivity index (χ2n) is 3.14. The van der Waals surface area contributed by atoms with Crippen molar-refractivity contribution in [1.29, 1.82) is 0 Å². The minimum absolute atomic E-state index is 0.149. The van der Waals surface area contributed by atoms with E-state index in [1.54, 1.807) is 18.2 Å². The van der Waals surface area contributed by atoms with E-state index < -0.39 is 0 Å². The number of benzene rings is 1. The first kappa shape index (κ1) is 12.7. The van der Waals surface area contributed by atoms with E-state index in [4.69, 9.17) is 11.6 Å². The first-order valence-corrected chi connectivity index (χ1v) is 5.43. The van der Waals surface area contributed by atoms with Crippen molar-refractivity contribution in [2.24, 2.45) is 0 Å². The standard InChI is InChI=1S/C11H13ClN2O2/c12-7-3-4-8-13-9-10-5-1-2-6-11(10)14(15)16/h1-6,13H,7-9H2/b4-3+. The number of nitrogens with zero attached hydrogens (tertiary/aromatic N) is 1. The lowest BCUT2D eigenvalue weighted by molar-refractivity contribution is -0.385. The lowest BCUT2D eigenvalue weighted by Gasteiger charge is -2.02. The molecule has 0 bridgehead atoms. The predicted molar refractivity (Wildman–Crippen MR) is 64.7 cm³/mol. The third-order valence-electron chi connectivity index (χ3n) is 2.02. The van der Waals surface area contributed by atoms with Crippen LogP contribution in [0.2, 0.25) is 0 Å². The summed E-state index contributed by atoms with van der Waals surface area (Å²) in [5.74, 6) is 0.479. The molecule has 0 aliphatic carbocycles. The number of rotatable bonds is 6. The fourth-order valence-corrected chi connectivity index (χ4v) is 1.40. The molecule has 0 amide bonds. The molecule has 1 aromatic carbocycles. The molecule has 16 heavy (non-hydrogen) atoms. The van der Waals surface area contributed by atoms with Crippen molar-refractivity contribution in [3.63, 3.8) is 0 Å². The van der Waals surface area contributed by atoms with E-state index in [0.29, 0.717) is 24.5 Å². The van der Waals surface area contributed by atoms with Gasteiger partial charge in [-0.25, -0.2) is 0 Å². The Hall–Kier alpha value is -1.39. The van der Waals surface area contributed by atoms with Crippen LogP contribution in [-0.4, -0.2) is 17.3 Å². The van der Waals surface area contributed by atoms with Gasteiger partial charge < -0.3 is 5.32 Å². The van der Waals surface area contributed by atoms with Gasteiger partial charge in [0.25, 0.3) is 5.69 Å². The Balaban J connectivity index is 2.53. The largest absolute Gasteiger partial charge is 0.309 e. The van der Waals surface area contributed by atoms with Crippen LogP contribution in [0.5, 0.6) is 0 Å². The molecular weight excluding hydrogens is 228 g/mol. The van der Waals surface area contributed by atoms with Crippen LogP contribution in [0, 0.1) is 10.1 Å². The maximum Gasteiger partial charge on any atom is 0.273 e. The molecule has 0 aliphatic heterocycles. The SMILES string of the molecule is O=[N+]([O-])c1ccccc1CNC/C=C/CCl. The molecule has 0 radical (unpaired) electrons. The fraction of sp³-hybridized carbons (Fsp3) is 0.273. The maximum atomic E-state index is 10.7. The summed E-state index contributed by atoms with van der Waals surface area (Å²) in [6.45, 7) is 1.13. The van der Waals surface area contributed by atoms with Gasteiger partial charge in [-0.1, -0.05) is 30.4 Å². The highest BCUT2D eigenvalue weighted by Gasteiger charge is 2.10. The molecule has 0 aromatic heterocycles. The molecule has 1 N–H and O–H groups in total. The number of hydrogen-bond donors (Lipinski definition) is 1. The van der Waals surface area contributed by atoms with Crippen LogP contribution in [0.1, 0.15) is 5.56 Å². The Bertz CT molecular complexity index is 380. The average Bonchev–Trinajstić information content (AvgIpc) is 2.29. The molecule has 0 saturated heterocycles. The Kier molecular flexibility index (Phi) is 5.53. The van der Waals surface area contributed by atoms with Crippen LogP contribution in [0.15, 0.2) is 36.4 Å². The molecule has 0 aliphatic rings. The monoisotopic (exact) mass is 240 g/mol. The third kappa shape index (κ3) is 4.00. The molecule has 4 nitrogen and oxygen atoms in total. The van der Waals surface area contributed by atoms with Gasteiger partial charge in [-0.2, -0.15) is 0 Å². The summed E-state index contributed by atoms with van der Waals surface area (Å²) >= 11 is 5.46. The normalized spacial score (nSPS) is 10.8. The second kappa shape index (κ2) is 6.98. The molecule has 0 fully saturated rings. The molecule has 0 unspecified atom stereocenters. The summed E-state index contributed by atoms with van der Waals surface area (Å²) in [6, 6.07) is 6.70. The molecular formula is C11H13ClN2O2. The van der Waals surface area contributed by atoms with Crippen LogP contribution >= 0.6 is 11.6 Å². The first-order valence-electron chi connectivity index (χ1n) is 4.89. The van der Waals surface area contributed by atoms with Crippen molar-refractivity contribution < 1.29 is 4.92 Å². The van der Waals surface area contributed by atoms with E-state index in [9.17, 15) is 10.1 Å². The van der Waals surface area contributed by atoms with Gasteiger partial charge in [0.2, 0.25) is 0 Å². The summed E-state index contributed by atoms with van der Waals surface area (Å²) in [5.41, 5.74) is 0.836. The molecule has 86 valence electrons. The number of halogens is 1. The molecule has 0 saturated carbocycles. The van der Waals surface area contributed by atoms with Crippen molar-refractivity contribution in [1.82, 2.24) is 5.32 Å². The molecule has 0 heterocycles. The highest BCUT2D eigenvalue weighted by molar-refractivity contribution is 6.18. The molecule has 0 atom stereocenters. The number of alkyl halides is 1. The van der Waals surface area contributed by atoms with Crippen LogP contribution < -0.4 is 5.32 Å². The fourth-order valence-electron chi connectivity index (χ4n) is 1.27. The highest BCUT2D eigenvalue weighted by atomic mass is 35.5. The summed E-state index contributed by atoms with van der Waals surface area (Å²) in [4.78, 5) is 10.3. The number of nitro groups is 1. The molecule has 0 spiro atoms. The van der Waals surface area contributed by atoms with Gasteiger partial charge in [-0.15, -0.1) is 11.6 Å². The Morgan fingerprint density at radius 3 is 2.81 bits per heavy atom. The first-order chi connectivity index (χ1) is 7.75. The van der Waals surface area contributed by atoms with E-state index >= 15 is 0 Å². The Morgan fingerprint density at radius 2 is 2.12 bits per heavy atom. The maximum absolute atomic E-state index is 10.7. The number of para-hydroxylation sites is 1. The van der Waals surface area contributed by atoms with Crippen molar-refractivity contribution in [2.75, 3.05) is 12.4 Å². The van der Waals surface area contributed by atoms with Crippen LogP contribution in [-0.2, 0) is 6.54 Å². The smallest absolute Gasteiger partial charge is 0.273 e. The van der Waals surface area contributed by atoms with E-state index in [0.717, 1.165) is 0 Å². The molecule has 1 aromatic rings. The zero-order chi connectivity index (χ0) is 11.8. The number of hydrogen-bond acceptors (Lipinski definition) is 3. The van der Waals surface area contributed by atoms with Gasteiger partial charge in [0.1, 0.15) is 0 Å². The zero-order valence-electron chi connectivity index (χ0n) is 8.73. The summed E-state index contributed by atoms with van der Waals surface area (Å²) in [5, 5.41) is 13.8. The minimum Gasteiger partial charge on any atom is -0.309 e. The Labute approximate surface area is 99.1 Å². The molecule has 1 rings (SSSR count). The average molecular weight is 241 g/mol. The van der Waals surface area contributed by atoms with Crippen LogP contribution in [0.4, 0.5) is 5.69 Å². The summed E-state index contributed by atoms with van der Waals surface area (Å²) in [7, 11) is 0. The van der Waals surface area contributed by atoms with Crippen LogP contribution in [0.25, 0.3) is 0 Å². The lowest BCUT2D eigenvalue weighted by Crippen LogP contribution is -2.13. The topological polar surface area (TPSA) is 55.2 Å². The van der Waals surface area contributed by atoms with Gasteiger partial charge in [0.15, 0.2) is 0 Å². The van der Waals surface area contributed by atoms with E-state index in [1.165, 1.54) is 6.07 Å². The minimum atomic E-state index is -0.369. The van der Waals surface area contributed by atoms with Gasteiger partial charge in [0.05, 0.1) is 4.92 Å². The number of nitro benzene ring substituents is 1. The van der Waals surface area contributed by atoms with Gasteiger partial charge in [0, 0.05) is 30.6 Å². The number of nitrogens with one attached hydrogen (secondary N) is 1. The Morgan fingerprint density at radius 1 is 1.38 bits per heavy atom. The zero-order valence-corrected chi connectivity index (χ0v) is 9.48. The van der Waals surface area contributed by atoms with Gasteiger partial charge in [-0.05, 0) is 0 Å². The highest BCUT2D eigenvalue weighted by Crippen LogP contribution is 2.16. The third-order valence-corrected chi connectivity index (χ3v) is 2.20. The lowest BCUT2D eigenvalue weighted by atomic mass is 10.2. The quantitative estimate of drug-likeness (QED) is 0.273. The molecule has 5 heteroatoms. The number of allylic oxidation sites excluding steroid dienone is 1. The van der Waals surface area contributed by atoms with Crippen LogP contribution in [0.3, 0.4) is 0 Å². The van der Waals surface area contributed by atoms with Crippen molar-refractivity contribution in [2.45, 2.75) is 6.54 Å². The van der Waals surface area contributed by atoms with E-state index in [-0.39, 0.29) is 10.6 Å². The van der Waals surface area contributed by atoms with E-state index in [2.05, 4.69) is 5.32 Å². The van der Waals surface area contributed by atoms with Gasteiger partial charge >= 0.3 is 0 Å². The summed E-state index contributed by atoms with van der Waals surface area (Å²) in [6.07, 6.45) is 3.72. The van der Waals surface area contributed by atoms with Gasteiger partial charge in [-0.3, -0.25) is 10.1 Å². The van der Waals surface area contributed by atoms with Crippen molar-refractivity contribution in [3.8, 4) is 0 Å². The second-order valence-corrected chi connectivity index (χ2v) is 3.45. The predicted octanol–water partition coefficient (Wildman–Crippen LogP) is 2.48. The van der Waals surface area contributed by atoms with Crippen molar-refractivity contribution >= 4 is 17.3 Å². The van der Waals surface area contributed by atoms with E-state index in [1.807, 2.05) is 12.2 Å².